The Bertz CT molecular complexity index is 470. The van der Waals surface area contributed by atoms with Crippen molar-refractivity contribution in [2.45, 2.75) is 26.2 Å². The van der Waals surface area contributed by atoms with Crippen LogP contribution in [0.25, 0.3) is 0 Å². The van der Waals surface area contributed by atoms with Gasteiger partial charge in [-0.3, -0.25) is 0 Å². The van der Waals surface area contributed by atoms with Crippen LogP contribution in [0.2, 0.25) is 0 Å². The Kier molecular flexibility index (Phi) is 3.11. The normalized spacial score (nSPS) is 11.5. The third kappa shape index (κ3) is 2.61. The second kappa shape index (κ2) is 4.41. The van der Waals surface area contributed by atoms with Gasteiger partial charge in [0, 0.05) is 24.3 Å². The van der Waals surface area contributed by atoms with E-state index in [0.717, 1.165) is 10.8 Å². The van der Waals surface area contributed by atoms with Crippen LogP contribution < -0.4 is 4.90 Å². The lowest BCUT2D eigenvalue weighted by Crippen LogP contribution is -2.12. The monoisotopic (exact) mass is 248 g/mol. The summed E-state index contributed by atoms with van der Waals surface area (Å²) < 4.78 is 3.76. The van der Waals surface area contributed by atoms with Gasteiger partial charge in [-0.25, -0.2) is 0 Å². The van der Waals surface area contributed by atoms with Gasteiger partial charge in [-0.2, -0.15) is 0 Å². The Balaban J connectivity index is 2.24. The number of nitrogens with zero attached hydrogens (tertiary/aromatic N) is 4. The van der Waals surface area contributed by atoms with Gasteiger partial charge in [-0.1, -0.05) is 42.5 Å². The molecule has 0 fully saturated rings. The Labute approximate surface area is 105 Å². The van der Waals surface area contributed by atoms with E-state index in [2.05, 4.69) is 59.8 Å². The van der Waals surface area contributed by atoms with Crippen LogP contribution in [0, 0.1) is 0 Å². The van der Waals surface area contributed by atoms with Crippen molar-refractivity contribution in [2.75, 3.05) is 11.9 Å². The highest BCUT2D eigenvalue weighted by molar-refractivity contribution is 7.09. The first-order valence-electron chi connectivity index (χ1n) is 5.48. The Morgan fingerprint density at radius 2 is 1.76 bits per heavy atom. The van der Waals surface area contributed by atoms with Crippen LogP contribution in [-0.2, 0) is 5.41 Å². The van der Waals surface area contributed by atoms with Crippen LogP contribution in [0.1, 0.15) is 26.3 Å². The second-order valence-electron chi connectivity index (χ2n) is 5.00. The zero-order valence-electron chi connectivity index (χ0n) is 10.5. The van der Waals surface area contributed by atoms with Crippen molar-refractivity contribution in [2.24, 2.45) is 0 Å². The van der Waals surface area contributed by atoms with E-state index in [0.29, 0.717) is 0 Å². The SMILES string of the molecule is CN(c1ccc(C(C)(C)C)cc1)c1nnns1. The number of hydrogen-bond donors (Lipinski definition) is 0. The van der Waals surface area contributed by atoms with E-state index in [1.165, 1.54) is 17.1 Å². The Morgan fingerprint density at radius 1 is 1.12 bits per heavy atom. The maximum Gasteiger partial charge on any atom is 0.232 e. The fourth-order valence-electron chi connectivity index (χ4n) is 1.55. The number of rotatable bonds is 2. The van der Waals surface area contributed by atoms with E-state index in [9.17, 15) is 0 Å². The quantitative estimate of drug-likeness (QED) is 0.819. The molecule has 0 saturated heterocycles. The minimum absolute atomic E-state index is 0.182. The van der Waals surface area contributed by atoms with Crippen LogP contribution >= 0.6 is 11.5 Å². The lowest BCUT2D eigenvalue weighted by molar-refractivity contribution is 0.590. The predicted octanol–water partition coefficient (Wildman–Crippen LogP) is 3.00. The first kappa shape index (κ1) is 12.0. The fourth-order valence-corrected chi connectivity index (χ4v) is 2.00. The molecule has 0 saturated carbocycles. The predicted molar refractivity (Wildman–Crippen MR) is 70.9 cm³/mol. The molecule has 2 aromatic rings. The summed E-state index contributed by atoms with van der Waals surface area (Å²) in [5.41, 5.74) is 2.60. The van der Waals surface area contributed by atoms with E-state index in [1.807, 2.05) is 11.9 Å². The van der Waals surface area contributed by atoms with E-state index in [1.54, 1.807) is 0 Å². The molecule has 0 N–H and O–H groups in total. The number of hydrogen-bond acceptors (Lipinski definition) is 5. The van der Waals surface area contributed by atoms with Crippen molar-refractivity contribution in [1.29, 1.82) is 0 Å². The van der Waals surface area contributed by atoms with Crippen molar-refractivity contribution < 1.29 is 0 Å². The maximum absolute atomic E-state index is 3.95. The van der Waals surface area contributed by atoms with Gasteiger partial charge in [-0.05, 0) is 28.3 Å². The first-order valence-corrected chi connectivity index (χ1v) is 6.25. The van der Waals surface area contributed by atoms with Crippen LogP contribution in [-0.4, -0.2) is 21.8 Å². The summed E-state index contributed by atoms with van der Waals surface area (Å²) in [5, 5.41) is 8.35. The van der Waals surface area contributed by atoms with Crippen molar-refractivity contribution in [1.82, 2.24) is 14.8 Å². The molecular weight excluding hydrogens is 232 g/mol. The van der Waals surface area contributed by atoms with Crippen molar-refractivity contribution in [3.63, 3.8) is 0 Å². The zero-order chi connectivity index (χ0) is 12.5. The Morgan fingerprint density at radius 3 is 2.24 bits per heavy atom. The van der Waals surface area contributed by atoms with Gasteiger partial charge < -0.3 is 4.90 Å². The number of benzene rings is 1. The van der Waals surface area contributed by atoms with Crippen molar-refractivity contribution in [3.8, 4) is 0 Å². The summed E-state index contributed by atoms with van der Waals surface area (Å²) in [6.07, 6.45) is 0. The third-order valence-electron chi connectivity index (χ3n) is 2.70. The molecule has 0 unspecified atom stereocenters. The van der Waals surface area contributed by atoms with Gasteiger partial charge in [0.2, 0.25) is 5.13 Å². The molecule has 1 aromatic carbocycles. The molecule has 17 heavy (non-hydrogen) atoms. The summed E-state index contributed by atoms with van der Waals surface area (Å²) >= 11 is 1.29. The molecule has 0 radical (unpaired) electrons. The van der Waals surface area contributed by atoms with Crippen molar-refractivity contribution in [3.05, 3.63) is 29.8 Å². The highest BCUT2D eigenvalue weighted by Crippen LogP contribution is 2.27. The van der Waals surface area contributed by atoms with Gasteiger partial charge in [0.05, 0.1) is 0 Å². The highest BCUT2D eigenvalue weighted by atomic mass is 32.1. The number of aromatic nitrogens is 3. The largest absolute Gasteiger partial charge is 0.318 e. The molecule has 0 atom stereocenters. The smallest absolute Gasteiger partial charge is 0.232 e. The molecule has 0 amide bonds. The maximum atomic E-state index is 3.95. The summed E-state index contributed by atoms with van der Waals surface area (Å²) in [4.78, 5) is 1.98. The highest BCUT2D eigenvalue weighted by Gasteiger charge is 2.14. The minimum Gasteiger partial charge on any atom is -0.318 e. The van der Waals surface area contributed by atoms with E-state index in [4.69, 9.17) is 0 Å². The van der Waals surface area contributed by atoms with Crippen LogP contribution in [0.5, 0.6) is 0 Å². The summed E-state index contributed by atoms with van der Waals surface area (Å²) in [6, 6.07) is 8.50. The molecule has 1 aromatic heterocycles. The summed E-state index contributed by atoms with van der Waals surface area (Å²) in [7, 11) is 1.97. The second-order valence-corrected chi connectivity index (χ2v) is 5.71. The standard InChI is InChI=1S/C12H16N4S/c1-12(2,3)9-5-7-10(8-6-9)16(4)11-13-14-15-17-11/h5-8H,1-4H3. The van der Waals surface area contributed by atoms with E-state index < -0.39 is 0 Å². The molecule has 0 aliphatic heterocycles. The molecule has 0 spiro atoms. The lowest BCUT2D eigenvalue weighted by Gasteiger charge is -2.21. The Hall–Kier alpha value is -1.49. The molecule has 0 bridgehead atoms. The van der Waals surface area contributed by atoms with Crippen LogP contribution in [0.3, 0.4) is 0 Å². The van der Waals surface area contributed by atoms with E-state index >= 15 is 0 Å². The van der Waals surface area contributed by atoms with E-state index in [-0.39, 0.29) is 5.41 Å². The molecule has 1 heterocycles. The van der Waals surface area contributed by atoms with Gasteiger partial charge in [0.25, 0.3) is 0 Å². The topological polar surface area (TPSA) is 41.9 Å². The van der Waals surface area contributed by atoms with Gasteiger partial charge in [0.1, 0.15) is 0 Å². The molecule has 0 aliphatic rings. The molecule has 5 heteroatoms. The van der Waals surface area contributed by atoms with Crippen LogP contribution in [0.15, 0.2) is 24.3 Å². The van der Waals surface area contributed by atoms with Gasteiger partial charge in [-0.15, -0.1) is 0 Å². The lowest BCUT2D eigenvalue weighted by atomic mass is 9.87. The van der Waals surface area contributed by atoms with Gasteiger partial charge in [0.15, 0.2) is 0 Å². The summed E-state index contributed by atoms with van der Waals surface area (Å²) in [6.45, 7) is 6.63. The number of anilines is 2. The molecule has 0 aliphatic carbocycles. The molecule has 90 valence electrons. The van der Waals surface area contributed by atoms with Crippen molar-refractivity contribution >= 4 is 22.4 Å². The summed E-state index contributed by atoms with van der Waals surface area (Å²) in [5.74, 6) is 0. The average Bonchev–Trinajstić information content (AvgIpc) is 2.80. The molecule has 2 rings (SSSR count). The third-order valence-corrected chi connectivity index (χ3v) is 3.37. The zero-order valence-corrected chi connectivity index (χ0v) is 11.3. The average molecular weight is 248 g/mol. The first-order chi connectivity index (χ1) is 7.98. The van der Waals surface area contributed by atoms with Crippen LogP contribution in [0.4, 0.5) is 10.8 Å². The minimum atomic E-state index is 0.182. The molecule has 4 nitrogen and oxygen atoms in total. The fraction of sp³-hybridized carbons (Fsp3) is 0.417. The van der Waals surface area contributed by atoms with Gasteiger partial charge >= 0.3 is 0 Å². The molecular formula is C12H16N4S.